The zero-order valence-corrected chi connectivity index (χ0v) is 11.9. The maximum absolute atomic E-state index is 11.6. The number of anilines is 1. The zero-order valence-electron chi connectivity index (χ0n) is 8.20. The van der Waals surface area contributed by atoms with Crippen LogP contribution in [0.5, 0.6) is 0 Å². The van der Waals surface area contributed by atoms with Gasteiger partial charge in [0.1, 0.15) is 0 Å². The smallest absolute Gasteiger partial charge is 0.270 e. The van der Waals surface area contributed by atoms with Crippen LogP contribution in [0, 0.1) is 3.57 Å². The summed E-state index contributed by atoms with van der Waals surface area (Å²) < 4.78 is 29.1. The molecule has 88 valence electrons. The number of hydrogen-bond donors (Lipinski definition) is 2. The SMILES string of the molecule is O=S(=O)(Nc1ccc(Cl)cc1I)NC1CC1. The quantitative estimate of drug-likeness (QED) is 0.797. The summed E-state index contributed by atoms with van der Waals surface area (Å²) in [6.45, 7) is 0. The van der Waals surface area contributed by atoms with E-state index in [1.165, 1.54) is 0 Å². The minimum atomic E-state index is -3.45. The van der Waals surface area contributed by atoms with Crippen molar-refractivity contribution in [3.8, 4) is 0 Å². The van der Waals surface area contributed by atoms with Gasteiger partial charge in [-0.25, -0.2) is 0 Å². The molecule has 1 aromatic rings. The molecule has 16 heavy (non-hydrogen) atoms. The third-order valence-electron chi connectivity index (χ3n) is 2.07. The van der Waals surface area contributed by atoms with Gasteiger partial charge in [0.15, 0.2) is 0 Å². The van der Waals surface area contributed by atoms with E-state index in [1.54, 1.807) is 18.2 Å². The molecule has 0 unspecified atom stereocenters. The van der Waals surface area contributed by atoms with Gasteiger partial charge in [-0.15, -0.1) is 0 Å². The number of benzene rings is 1. The van der Waals surface area contributed by atoms with Gasteiger partial charge in [-0.2, -0.15) is 13.1 Å². The molecule has 2 N–H and O–H groups in total. The maximum atomic E-state index is 11.6. The highest BCUT2D eigenvalue weighted by Crippen LogP contribution is 2.24. The molecule has 0 bridgehead atoms. The Morgan fingerprint density at radius 1 is 1.38 bits per heavy atom. The molecule has 0 radical (unpaired) electrons. The lowest BCUT2D eigenvalue weighted by Gasteiger charge is -2.10. The van der Waals surface area contributed by atoms with Crippen molar-refractivity contribution in [3.63, 3.8) is 0 Å². The first-order valence-corrected chi connectivity index (χ1v) is 7.65. The lowest BCUT2D eigenvalue weighted by Crippen LogP contribution is -2.32. The van der Waals surface area contributed by atoms with E-state index in [1.807, 2.05) is 22.6 Å². The van der Waals surface area contributed by atoms with E-state index < -0.39 is 10.2 Å². The first-order valence-electron chi connectivity index (χ1n) is 4.71. The fraction of sp³-hybridized carbons (Fsp3) is 0.333. The molecule has 1 aromatic carbocycles. The van der Waals surface area contributed by atoms with Gasteiger partial charge in [0.2, 0.25) is 0 Å². The molecular formula is C9H10ClIN2O2S. The molecule has 0 spiro atoms. The molecule has 0 saturated heterocycles. The Bertz CT molecular complexity index is 502. The number of nitrogens with one attached hydrogen (secondary N) is 2. The fourth-order valence-corrected chi connectivity index (χ4v) is 3.56. The van der Waals surface area contributed by atoms with Gasteiger partial charge in [0.25, 0.3) is 10.2 Å². The second-order valence-corrected chi connectivity index (χ2v) is 6.67. The highest BCUT2D eigenvalue weighted by Gasteiger charge is 2.27. The van der Waals surface area contributed by atoms with E-state index in [2.05, 4.69) is 9.44 Å². The van der Waals surface area contributed by atoms with E-state index in [0.717, 1.165) is 16.4 Å². The van der Waals surface area contributed by atoms with Crippen LogP contribution in [-0.4, -0.2) is 14.5 Å². The second kappa shape index (κ2) is 4.67. The molecule has 7 heteroatoms. The van der Waals surface area contributed by atoms with Crippen molar-refractivity contribution in [1.29, 1.82) is 0 Å². The van der Waals surface area contributed by atoms with E-state index in [4.69, 9.17) is 11.6 Å². The number of hydrogen-bond acceptors (Lipinski definition) is 2. The average Bonchev–Trinajstić information content (AvgIpc) is 2.93. The van der Waals surface area contributed by atoms with Crippen LogP contribution in [0.25, 0.3) is 0 Å². The van der Waals surface area contributed by atoms with Crippen molar-refractivity contribution in [2.75, 3.05) is 4.72 Å². The summed E-state index contributed by atoms with van der Waals surface area (Å²) in [4.78, 5) is 0. The molecule has 1 fully saturated rings. The van der Waals surface area contributed by atoms with E-state index in [-0.39, 0.29) is 6.04 Å². The predicted molar refractivity (Wildman–Crippen MR) is 72.9 cm³/mol. The summed E-state index contributed by atoms with van der Waals surface area (Å²) >= 11 is 7.82. The largest absolute Gasteiger partial charge is 0.299 e. The first-order chi connectivity index (χ1) is 7.46. The van der Waals surface area contributed by atoms with Crippen LogP contribution in [-0.2, 0) is 10.2 Å². The van der Waals surface area contributed by atoms with Crippen LogP contribution in [0.1, 0.15) is 12.8 Å². The van der Waals surface area contributed by atoms with Gasteiger partial charge >= 0.3 is 0 Å². The lowest BCUT2D eigenvalue weighted by molar-refractivity contribution is 0.586. The molecule has 2 rings (SSSR count). The molecule has 4 nitrogen and oxygen atoms in total. The zero-order chi connectivity index (χ0) is 11.8. The Morgan fingerprint density at radius 2 is 2.06 bits per heavy atom. The average molecular weight is 373 g/mol. The topological polar surface area (TPSA) is 58.2 Å². The minimum Gasteiger partial charge on any atom is -0.270 e. The first kappa shape index (κ1) is 12.4. The van der Waals surface area contributed by atoms with Crippen LogP contribution in [0.3, 0.4) is 0 Å². The van der Waals surface area contributed by atoms with Gasteiger partial charge in [-0.05, 0) is 53.6 Å². The number of rotatable bonds is 4. The summed E-state index contributed by atoms with van der Waals surface area (Å²) in [6.07, 6.45) is 1.83. The van der Waals surface area contributed by atoms with Crippen molar-refractivity contribution >= 4 is 50.1 Å². The van der Waals surface area contributed by atoms with Crippen molar-refractivity contribution in [1.82, 2.24) is 4.72 Å². The summed E-state index contributed by atoms with van der Waals surface area (Å²) in [5.74, 6) is 0. The van der Waals surface area contributed by atoms with Crippen LogP contribution < -0.4 is 9.44 Å². The molecule has 0 aliphatic heterocycles. The predicted octanol–water partition coefficient (Wildman–Crippen LogP) is 2.35. The van der Waals surface area contributed by atoms with Crippen molar-refractivity contribution in [3.05, 3.63) is 26.8 Å². The van der Waals surface area contributed by atoms with Crippen LogP contribution in [0.4, 0.5) is 5.69 Å². The normalized spacial score (nSPS) is 16.1. The van der Waals surface area contributed by atoms with E-state index in [9.17, 15) is 8.42 Å². The Morgan fingerprint density at radius 3 is 2.62 bits per heavy atom. The van der Waals surface area contributed by atoms with Gasteiger partial charge in [0.05, 0.1) is 5.69 Å². The third-order valence-corrected chi connectivity index (χ3v) is 4.33. The van der Waals surface area contributed by atoms with Gasteiger partial charge in [-0.1, -0.05) is 11.6 Å². The van der Waals surface area contributed by atoms with Crippen molar-refractivity contribution in [2.24, 2.45) is 0 Å². The minimum absolute atomic E-state index is 0.0995. The monoisotopic (exact) mass is 372 g/mol. The van der Waals surface area contributed by atoms with Gasteiger partial charge < -0.3 is 0 Å². The molecule has 0 heterocycles. The van der Waals surface area contributed by atoms with Crippen LogP contribution in [0.15, 0.2) is 18.2 Å². The molecule has 1 saturated carbocycles. The van der Waals surface area contributed by atoms with E-state index in [0.29, 0.717) is 10.7 Å². The van der Waals surface area contributed by atoms with Crippen LogP contribution >= 0.6 is 34.2 Å². The highest BCUT2D eigenvalue weighted by atomic mass is 127. The summed E-state index contributed by atoms with van der Waals surface area (Å²) in [7, 11) is -3.45. The lowest BCUT2D eigenvalue weighted by atomic mass is 10.3. The molecule has 0 atom stereocenters. The molecule has 1 aliphatic carbocycles. The molecule has 0 aromatic heterocycles. The number of halogens is 2. The summed E-state index contributed by atoms with van der Waals surface area (Å²) in [6, 6.07) is 5.11. The second-order valence-electron chi connectivity index (χ2n) is 3.62. The molecular weight excluding hydrogens is 363 g/mol. The Balaban J connectivity index is 2.13. The third kappa shape index (κ3) is 3.47. The highest BCUT2D eigenvalue weighted by molar-refractivity contribution is 14.1. The Hall–Kier alpha value is -0.0500. The maximum Gasteiger partial charge on any atom is 0.299 e. The van der Waals surface area contributed by atoms with Crippen molar-refractivity contribution < 1.29 is 8.42 Å². The van der Waals surface area contributed by atoms with E-state index >= 15 is 0 Å². The fourth-order valence-electron chi connectivity index (χ4n) is 1.17. The standard InChI is InChI=1S/C9H10ClIN2O2S/c10-6-1-4-9(8(11)5-6)13-16(14,15)12-7-2-3-7/h1,4-5,7,12-13H,2-3H2. The van der Waals surface area contributed by atoms with Crippen molar-refractivity contribution in [2.45, 2.75) is 18.9 Å². The summed E-state index contributed by atoms with van der Waals surface area (Å²) in [5.41, 5.74) is 0.540. The van der Waals surface area contributed by atoms with Gasteiger partial charge in [-0.3, -0.25) is 4.72 Å². The Labute approximate surface area is 113 Å². The molecule has 0 amide bonds. The van der Waals surface area contributed by atoms with Crippen LogP contribution in [0.2, 0.25) is 5.02 Å². The molecule has 1 aliphatic rings. The Kier molecular flexibility index (Phi) is 3.62. The van der Waals surface area contributed by atoms with Gasteiger partial charge in [0, 0.05) is 14.6 Å². The summed E-state index contributed by atoms with van der Waals surface area (Å²) in [5, 5.41) is 0.586.